The fraction of sp³-hybridized carbons (Fsp3) is 0.500. The molecule has 0 spiro atoms. The van der Waals surface area contributed by atoms with E-state index < -0.39 is 0 Å². The largest absolute Gasteiger partial charge is 0.338 e. The fourth-order valence-electron chi connectivity index (χ4n) is 2.07. The third-order valence-electron chi connectivity index (χ3n) is 3.14. The topological polar surface area (TPSA) is 33.2 Å². The number of rotatable bonds is 2. The molecule has 0 aliphatic carbocycles. The van der Waals surface area contributed by atoms with Crippen LogP contribution < -0.4 is 0 Å². The molecule has 1 unspecified atom stereocenters. The molecule has 4 heteroatoms. The Labute approximate surface area is 104 Å². The van der Waals surface area contributed by atoms with Gasteiger partial charge in [0.15, 0.2) is 0 Å². The van der Waals surface area contributed by atoms with Crippen molar-refractivity contribution in [2.45, 2.75) is 19.8 Å². The number of pyridine rings is 1. The molecule has 3 nitrogen and oxygen atoms in total. The maximum absolute atomic E-state index is 12.2. The van der Waals surface area contributed by atoms with Crippen LogP contribution in [-0.4, -0.2) is 28.9 Å². The molecule has 1 fully saturated rings. The van der Waals surface area contributed by atoms with Gasteiger partial charge < -0.3 is 4.90 Å². The van der Waals surface area contributed by atoms with E-state index in [-0.39, 0.29) is 5.91 Å². The lowest BCUT2D eigenvalue weighted by atomic mass is 10.1. The van der Waals surface area contributed by atoms with Gasteiger partial charge in [-0.15, -0.1) is 0 Å². The van der Waals surface area contributed by atoms with E-state index >= 15 is 0 Å². The number of amides is 1. The summed E-state index contributed by atoms with van der Waals surface area (Å²) in [5.74, 6) is 0.760. The third-order valence-corrected chi connectivity index (χ3v) is 3.77. The van der Waals surface area contributed by atoms with Crippen LogP contribution in [0.2, 0.25) is 0 Å². The molecule has 0 bridgehead atoms. The summed E-state index contributed by atoms with van der Waals surface area (Å²) in [6.07, 6.45) is 3.96. The Morgan fingerprint density at radius 2 is 2.50 bits per heavy atom. The van der Waals surface area contributed by atoms with Crippen LogP contribution in [0.25, 0.3) is 0 Å². The Kier molecular flexibility index (Phi) is 3.59. The van der Waals surface area contributed by atoms with Crippen molar-refractivity contribution in [1.29, 1.82) is 0 Å². The third kappa shape index (κ3) is 2.26. The minimum Gasteiger partial charge on any atom is -0.338 e. The molecule has 1 aliphatic heterocycles. The standard InChI is InChI=1S/C12H15BrN2O/c1-2-9-5-7-15(8-9)12(16)10-4-3-6-14-11(10)13/h3-4,6,9H,2,5,7-8H2,1H3. The van der Waals surface area contributed by atoms with Crippen molar-refractivity contribution in [1.82, 2.24) is 9.88 Å². The van der Waals surface area contributed by atoms with Crippen LogP contribution >= 0.6 is 15.9 Å². The summed E-state index contributed by atoms with van der Waals surface area (Å²) in [5, 5.41) is 0. The zero-order valence-electron chi connectivity index (χ0n) is 9.32. The molecule has 1 aromatic heterocycles. The van der Waals surface area contributed by atoms with E-state index in [9.17, 15) is 4.79 Å². The van der Waals surface area contributed by atoms with Crippen LogP contribution in [0.1, 0.15) is 30.1 Å². The Bertz CT molecular complexity index is 394. The number of halogens is 1. The maximum atomic E-state index is 12.2. The van der Waals surface area contributed by atoms with Gasteiger partial charge in [-0.1, -0.05) is 13.3 Å². The summed E-state index contributed by atoms with van der Waals surface area (Å²) < 4.78 is 0.639. The number of hydrogen-bond acceptors (Lipinski definition) is 2. The summed E-state index contributed by atoms with van der Waals surface area (Å²) in [5.41, 5.74) is 0.666. The molecule has 1 amide bonds. The molecule has 2 heterocycles. The number of hydrogen-bond donors (Lipinski definition) is 0. The molecular weight excluding hydrogens is 268 g/mol. The lowest BCUT2D eigenvalue weighted by Crippen LogP contribution is -2.29. The molecule has 1 aliphatic rings. The van der Waals surface area contributed by atoms with Crippen molar-refractivity contribution in [3.63, 3.8) is 0 Å². The SMILES string of the molecule is CCC1CCN(C(=O)c2cccnc2Br)C1. The Balaban J connectivity index is 2.12. The molecule has 2 rings (SSSR count). The van der Waals surface area contributed by atoms with Crippen molar-refractivity contribution in [3.05, 3.63) is 28.5 Å². The number of carbonyl (C=O) groups excluding carboxylic acids is 1. The Hall–Kier alpha value is -0.900. The van der Waals surface area contributed by atoms with E-state index in [0.717, 1.165) is 25.9 Å². The lowest BCUT2D eigenvalue weighted by molar-refractivity contribution is 0.0785. The number of carbonyl (C=O) groups is 1. The summed E-state index contributed by atoms with van der Waals surface area (Å²) in [7, 11) is 0. The first-order valence-electron chi connectivity index (χ1n) is 5.62. The smallest absolute Gasteiger partial charge is 0.256 e. The van der Waals surface area contributed by atoms with Gasteiger partial charge in [-0.05, 0) is 40.4 Å². The van der Waals surface area contributed by atoms with E-state index in [1.54, 1.807) is 12.3 Å². The molecular formula is C12H15BrN2O. The fourth-order valence-corrected chi connectivity index (χ4v) is 2.49. The van der Waals surface area contributed by atoms with Crippen LogP contribution in [0.5, 0.6) is 0 Å². The first-order chi connectivity index (χ1) is 7.72. The van der Waals surface area contributed by atoms with Crippen LogP contribution in [0.4, 0.5) is 0 Å². The maximum Gasteiger partial charge on any atom is 0.256 e. The van der Waals surface area contributed by atoms with E-state index in [2.05, 4.69) is 27.8 Å². The van der Waals surface area contributed by atoms with Crippen molar-refractivity contribution in [3.8, 4) is 0 Å². The number of nitrogens with zero attached hydrogens (tertiary/aromatic N) is 2. The molecule has 0 aromatic carbocycles. The average molecular weight is 283 g/mol. The first kappa shape index (κ1) is 11.6. The van der Waals surface area contributed by atoms with E-state index in [1.807, 2.05) is 11.0 Å². The van der Waals surface area contributed by atoms with Gasteiger partial charge in [0.1, 0.15) is 4.60 Å². The van der Waals surface area contributed by atoms with Crippen molar-refractivity contribution >= 4 is 21.8 Å². The normalized spacial score (nSPS) is 20.1. The zero-order valence-corrected chi connectivity index (χ0v) is 10.9. The summed E-state index contributed by atoms with van der Waals surface area (Å²) in [6, 6.07) is 3.62. The zero-order chi connectivity index (χ0) is 11.5. The number of likely N-dealkylation sites (tertiary alicyclic amines) is 1. The van der Waals surface area contributed by atoms with E-state index in [0.29, 0.717) is 16.1 Å². The van der Waals surface area contributed by atoms with Gasteiger partial charge in [-0.25, -0.2) is 4.98 Å². The molecule has 1 aromatic rings. The van der Waals surface area contributed by atoms with Crippen LogP contribution in [0.15, 0.2) is 22.9 Å². The van der Waals surface area contributed by atoms with Crippen LogP contribution in [0, 0.1) is 5.92 Å². The van der Waals surface area contributed by atoms with Gasteiger partial charge in [0.2, 0.25) is 0 Å². The summed E-state index contributed by atoms with van der Waals surface area (Å²) in [6.45, 7) is 3.94. The van der Waals surface area contributed by atoms with Gasteiger partial charge in [-0.2, -0.15) is 0 Å². The van der Waals surface area contributed by atoms with Crippen molar-refractivity contribution < 1.29 is 4.79 Å². The van der Waals surface area contributed by atoms with Gasteiger partial charge in [0.25, 0.3) is 5.91 Å². The monoisotopic (exact) mass is 282 g/mol. The number of aromatic nitrogens is 1. The van der Waals surface area contributed by atoms with E-state index in [1.165, 1.54) is 0 Å². The highest BCUT2D eigenvalue weighted by Crippen LogP contribution is 2.23. The van der Waals surface area contributed by atoms with Gasteiger partial charge in [0, 0.05) is 19.3 Å². The average Bonchev–Trinajstić information content (AvgIpc) is 2.77. The predicted molar refractivity (Wildman–Crippen MR) is 66.2 cm³/mol. The second-order valence-corrected chi connectivity index (χ2v) is 4.91. The Morgan fingerprint density at radius 3 is 3.12 bits per heavy atom. The minimum absolute atomic E-state index is 0.0934. The highest BCUT2D eigenvalue weighted by Gasteiger charge is 2.26. The highest BCUT2D eigenvalue weighted by molar-refractivity contribution is 9.10. The second-order valence-electron chi connectivity index (χ2n) is 4.16. The highest BCUT2D eigenvalue weighted by atomic mass is 79.9. The minimum atomic E-state index is 0.0934. The predicted octanol–water partition coefficient (Wildman–Crippen LogP) is 2.72. The summed E-state index contributed by atoms with van der Waals surface area (Å²) >= 11 is 3.32. The van der Waals surface area contributed by atoms with Gasteiger partial charge >= 0.3 is 0 Å². The van der Waals surface area contributed by atoms with Crippen molar-refractivity contribution in [2.24, 2.45) is 5.92 Å². The first-order valence-corrected chi connectivity index (χ1v) is 6.41. The molecule has 1 atom stereocenters. The molecule has 16 heavy (non-hydrogen) atoms. The summed E-state index contributed by atoms with van der Waals surface area (Å²) in [4.78, 5) is 18.2. The molecule has 86 valence electrons. The van der Waals surface area contributed by atoms with Crippen molar-refractivity contribution in [2.75, 3.05) is 13.1 Å². The lowest BCUT2D eigenvalue weighted by Gasteiger charge is -2.16. The van der Waals surface area contributed by atoms with Gasteiger partial charge in [0.05, 0.1) is 5.56 Å². The Morgan fingerprint density at radius 1 is 1.69 bits per heavy atom. The molecule has 1 saturated heterocycles. The van der Waals surface area contributed by atoms with Gasteiger partial charge in [-0.3, -0.25) is 4.79 Å². The molecule has 0 saturated carbocycles. The van der Waals surface area contributed by atoms with Crippen LogP contribution in [0.3, 0.4) is 0 Å². The quantitative estimate of drug-likeness (QED) is 0.782. The van der Waals surface area contributed by atoms with E-state index in [4.69, 9.17) is 0 Å². The second kappa shape index (κ2) is 4.95. The molecule has 0 radical (unpaired) electrons. The van der Waals surface area contributed by atoms with Crippen LogP contribution in [-0.2, 0) is 0 Å². The molecule has 0 N–H and O–H groups in total.